The molecule has 1 amide bonds. The van der Waals surface area contributed by atoms with Gasteiger partial charge in [-0.3, -0.25) is 4.79 Å². The van der Waals surface area contributed by atoms with Crippen molar-refractivity contribution >= 4 is 5.91 Å². The third-order valence-electron chi connectivity index (χ3n) is 6.74. The van der Waals surface area contributed by atoms with E-state index in [2.05, 4.69) is 81.2 Å². The van der Waals surface area contributed by atoms with Crippen molar-refractivity contribution in [2.24, 2.45) is 5.41 Å². The van der Waals surface area contributed by atoms with Gasteiger partial charge in [0.25, 0.3) is 0 Å². The van der Waals surface area contributed by atoms with Gasteiger partial charge in [0.05, 0.1) is 17.4 Å². The van der Waals surface area contributed by atoms with Gasteiger partial charge in [0.15, 0.2) is 0 Å². The number of nitrogens with one attached hydrogen (secondary N) is 2. The molecule has 3 heterocycles. The lowest BCUT2D eigenvalue weighted by atomic mass is 9.82. The van der Waals surface area contributed by atoms with Gasteiger partial charge < -0.3 is 20.6 Å². The van der Waals surface area contributed by atoms with Gasteiger partial charge in [0, 0.05) is 30.8 Å². The molecule has 3 aliphatic heterocycles. The first-order chi connectivity index (χ1) is 16.0. The predicted molar refractivity (Wildman–Crippen MR) is 141 cm³/mol. The summed E-state index contributed by atoms with van der Waals surface area (Å²) in [5.41, 5.74) is 6.19. The van der Waals surface area contributed by atoms with Crippen molar-refractivity contribution in [1.82, 2.24) is 15.5 Å². The Hall–Kier alpha value is -3.21. The van der Waals surface area contributed by atoms with E-state index < -0.39 is 0 Å². The SMILES string of the molecule is C=CC1=CC=C/C(=C2/NCC(C(C)(C)C)N3C=C(C(=C)O)C(=C)C=C23)C1.CCC1CCC(=O)N1. The minimum Gasteiger partial charge on any atom is -0.508 e. The zero-order valence-electron chi connectivity index (χ0n) is 21.1. The van der Waals surface area contributed by atoms with Gasteiger partial charge in [0.1, 0.15) is 5.76 Å². The lowest BCUT2D eigenvalue weighted by Crippen LogP contribution is -2.53. The normalized spacial score (nSPS) is 26.2. The number of allylic oxidation sites excluding steroid dienone is 8. The number of aliphatic hydroxyl groups is 1. The zero-order valence-corrected chi connectivity index (χ0v) is 21.1. The predicted octanol–water partition coefficient (Wildman–Crippen LogP) is 5.72. The summed E-state index contributed by atoms with van der Waals surface area (Å²) in [6.07, 6.45) is 16.0. The minimum absolute atomic E-state index is 0.0557. The number of amides is 1. The first kappa shape index (κ1) is 25.4. The molecule has 2 unspecified atom stereocenters. The highest BCUT2D eigenvalue weighted by Crippen LogP contribution is 2.39. The number of carbonyl (C=O) groups is 1. The van der Waals surface area contributed by atoms with Crippen molar-refractivity contribution in [3.63, 3.8) is 0 Å². The molecular formula is C29H39N3O2. The van der Waals surface area contributed by atoms with Gasteiger partial charge in [-0.2, -0.15) is 0 Å². The molecule has 4 rings (SSSR count). The summed E-state index contributed by atoms with van der Waals surface area (Å²) in [5, 5.41) is 16.5. The van der Waals surface area contributed by atoms with E-state index in [9.17, 15) is 9.90 Å². The number of hydrogen-bond donors (Lipinski definition) is 3. The van der Waals surface area contributed by atoms with Crippen LogP contribution in [0.3, 0.4) is 0 Å². The van der Waals surface area contributed by atoms with Crippen LogP contribution < -0.4 is 10.6 Å². The van der Waals surface area contributed by atoms with E-state index >= 15 is 0 Å². The summed E-state index contributed by atoms with van der Waals surface area (Å²) in [7, 11) is 0. The second-order valence-electron chi connectivity index (χ2n) is 10.3. The van der Waals surface area contributed by atoms with Crippen LogP contribution >= 0.6 is 0 Å². The highest BCUT2D eigenvalue weighted by molar-refractivity contribution is 5.78. The Morgan fingerprint density at radius 3 is 2.62 bits per heavy atom. The molecule has 0 aromatic rings. The fourth-order valence-corrected chi connectivity index (χ4v) is 4.64. The molecule has 2 atom stereocenters. The van der Waals surface area contributed by atoms with E-state index in [0.717, 1.165) is 49.2 Å². The Bertz CT molecular complexity index is 1030. The van der Waals surface area contributed by atoms with Gasteiger partial charge in [0.2, 0.25) is 5.91 Å². The second kappa shape index (κ2) is 10.4. The van der Waals surface area contributed by atoms with Crippen molar-refractivity contribution in [3.05, 3.63) is 95.8 Å². The van der Waals surface area contributed by atoms with Gasteiger partial charge in [-0.25, -0.2) is 0 Å². The van der Waals surface area contributed by atoms with Gasteiger partial charge in [-0.05, 0) is 47.5 Å². The van der Waals surface area contributed by atoms with E-state index in [1.807, 2.05) is 18.4 Å². The summed E-state index contributed by atoms with van der Waals surface area (Å²) in [6.45, 7) is 21.3. The molecule has 2 fully saturated rings. The highest BCUT2D eigenvalue weighted by Gasteiger charge is 2.38. The average Bonchev–Trinajstić information content (AvgIpc) is 3.23. The van der Waals surface area contributed by atoms with Crippen LogP contribution in [-0.2, 0) is 4.79 Å². The van der Waals surface area contributed by atoms with Gasteiger partial charge in [-0.15, -0.1) is 0 Å². The fourth-order valence-electron chi connectivity index (χ4n) is 4.64. The maximum absolute atomic E-state index is 10.5. The van der Waals surface area contributed by atoms with Crippen LogP contribution in [0, 0.1) is 5.41 Å². The van der Waals surface area contributed by atoms with Crippen LogP contribution in [0.1, 0.15) is 53.4 Å². The Morgan fingerprint density at radius 2 is 2.09 bits per heavy atom. The van der Waals surface area contributed by atoms with Crippen LogP contribution in [0.15, 0.2) is 95.8 Å². The summed E-state index contributed by atoms with van der Waals surface area (Å²) in [6, 6.07) is 0.727. The van der Waals surface area contributed by atoms with E-state index in [1.54, 1.807) is 0 Å². The second-order valence-corrected chi connectivity index (χ2v) is 10.3. The Kier molecular flexibility index (Phi) is 7.75. The van der Waals surface area contributed by atoms with Crippen molar-refractivity contribution in [3.8, 4) is 0 Å². The molecule has 5 nitrogen and oxygen atoms in total. The summed E-state index contributed by atoms with van der Waals surface area (Å²) >= 11 is 0. The first-order valence-electron chi connectivity index (χ1n) is 12.1. The third kappa shape index (κ3) is 5.64. The summed E-state index contributed by atoms with van der Waals surface area (Å²) in [5.74, 6) is 0.275. The molecule has 3 N–H and O–H groups in total. The molecule has 0 aromatic carbocycles. The molecule has 34 heavy (non-hydrogen) atoms. The molecular weight excluding hydrogens is 422 g/mol. The number of hydrogen-bond acceptors (Lipinski definition) is 4. The summed E-state index contributed by atoms with van der Waals surface area (Å²) < 4.78 is 0. The maximum atomic E-state index is 10.5. The number of carbonyl (C=O) groups excluding carboxylic acids is 1. The standard InChI is InChI=1S/C23H28N2O.C6H11NO/c1-7-17-9-8-10-18(12-17)22-20-11-15(2)19(16(3)26)14-25(20)21(13-24-22)23(4,5)6;1-2-5-3-4-6(8)7-5/h7-11,14,21,24,26H,1-3,12-13H2,4-6H3;5H,2-4H2,1H3,(H,7,8)/b22-18-;. The molecule has 0 aromatic heterocycles. The number of rotatable bonds is 3. The van der Waals surface area contributed by atoms with Crippen LogP contribution in [0.2, 0.25) is 0 Å². The largest absolute Gasteiger partial charge is 0.508 e. The van der Waals surface area contributed by atoms with E-state index in [0.29, 0.717) is 11.6 Å². The molecule has 2 saturated heterocycles. The van der Waals surface area contributed by atoms with Crippen molar-refractivity contribution in [2.45, 2.75) is 65.5 Å². The van der Waals surface area contributed by atoms with Crippen molar-refractivity contribution in [2.75, 3.05) is 6.54 Å². The van der Waals surface area contributed by atoms with Crippen LogP contribution in [-0.4, -0.2) is 34.5 Å². The quantitative estimate of drug-likeness (QED) is 0.471. The number of aliphatic hydroxyl groups excluding tert-OH is 1. The smallest absolute Gasteiger partial charge is 0.220 e. The maximum Gasteiger partial charge on any atom is 0.220 e. The number of fused-ring (bicyclic) bond motifs is 1. The lowest BCUT2D eigenvalue weighted by Gasteiger charge is -2.47. The fraction of sp³-hybridized carbons (Fsp3) is 0.414. The van der Waals surface area contributed by atoms with Crippen molar-refractivity contribution in [1.29, 1.82) is 0 Å². The monoisotopic (exact) mass is 461 g/mol. The summed E-state index contributed by atoms with van der Waals surface area (Å²) in [4.78, 5) is 12.8. The Balaban J connectivity index is 0.000000343. The van der Waals surface area contributed by atoms with E-state index in [1.165, 1.54) is 11.1 Å². The molecule has 5 heteroatoms. The van der Waals surface area contributed by atoms with Gasteiger partial charge >= 0.3 is 0 Å². The van der Waals surface area contributed by atoms with E-state index in [-0.39, 0.29) is 23.1 Å². The van der Waals surface area contributed by atoms with Crippen molar-refractivity contribution < 1.29 is 9.90 Å². The molecule has 0 spiro atoms. The van der Waals surface area contributed by atoms with Gasteiger partial charge in [-0.1, -0.05) is 71.7 Å². The molecule has 0 bridgehead atoms. The lowest BCUT2D eigenvalue weighted by molar-refractivity contribution is -0.119. The number of nitrogens with zero attached hydrogens (tertiary/aromatic N) is 1. The minimum atomic E-state index is 0.0557. The van der Waals surface area contributed by atoms with Crippen LogP contribution in [0.5, 0.6) is 0 Å². The molecule has 4 aliphatic rings. The Labute approximate surface area is 204 Å². The first-order valence-corrected chi connectivity index (χ1v) is 12.1. The Morgan fingerprint density at radius 1 is 1.35 bits per heavy atom. The highest BCUT2D eigenvalue weighted by atomic mass is 16.3. The zero-order chi connectivity index (χ0) is 25.0. The topological polar surface area (TPSA) is 64.6 Å². The molecule has 1 aliphatic carbocycles. The molecule has 0 saturated carbocycles. The average molecular weight is 462 g/mol. The number of piperazine rings is 1. The van der Waals surface area contributed by atoms with E-state index in [4.69, 9.17) is 0 Å². The molecule has 182 valence electrons. The molecule has 0 radical (unpaired) electrons. The van der Waals surface area contributed by atoms with Crippen LogP contribution in [0.4, 0.5) is 0 Å². The van der Waals surface area contributed by atoms with Crippen LogP contribution in [0.25, 0.3) is 0 Å². The third-order valence-corrected chi connectivity index (χ3v) is 6.74.